The molecule has 1 amide bonds. The van der Waals surface area contributed by atoms with Gasteiger partial charge in [0, 0.05) is 12.5 Å². The van der Waals surface area contributed by atoms with Crippen molar-refractivity contribution in [2.24, 2.45) is 0 Å². The van der Waals surface area contributed by atoms with E-state index in [2.05, 4.69) is 69.0 Å². The third-order valence-electron chi connectivity index (χ3n) is 4.71. The molecule has 7 heteroatoms. The summed E-state index contributed by atoms with van der Waals surface area (Å²) in [6.07, 6.45) is 0.841. The summed E-state index contributed by atoms with van der Waals surface area (Å²) in [6.45, 7) is 0.613. The average Bonchev–Trinajstić information content (AvgIpc) is 3.48. The normalized spacial score (nSPS) is 11.0. The van der Waals surface area contributed by atoms with E-state index in [1.165, 1.54) is 22.9 Å². The zero-order chi connectivity index (χ0) is 20.6. The SMILES string of the molecule is O=C(CSc1n[nH]c(-c2cccs2)n1)NCCC(c1ccccc1)c1ccccc1. The molecule has 0 aliphatic heterocycles. The lowest BCUT2D eigenvalue weighted by molar-refractivity contribution is -0.118. The molecule has 2 N–H and O–H groups in total. The van der Waals surface area contributed by atoms with Crippen molar-refractivity contribution in [1.29, 1.82) is 0 Å². The smallest absolute Gasteiger partial charge is 0.230 e. The summed E-state index contributed by atoms with van der Waals surface area (Å²) in [6, 6.07) is 24.8. The average molecular weight is 435 g/mol. The largest absolute Gasteiger partial charge is 0.355 e. The van der Waals surface area contributed by atoms with Gasteiger partial charge < -0.3 is 5.32 Å². The molecule has 2 aromatic heterocycles. The van der Waals surface area contributed by atoms with Gasteiger partial charge in [0.05, 0.1) is 10.6 Å². The van der Waals surface area contributed by atoms with Gasteiger partial charge in [0.25, 0.3) is 0 Å². The first-order valence-corrected chi connectivity index (χ1v) is 11.6. The predicted octanol–water partition coefficient (Wildman–Crippen LogP) is 4.96. The van der Waals surface area contributed by atoms with Gasteiger partial charge in [0.15, 0.2) is 5.82 Å². The van der Waals surface area contributed by atoms with Crippen molar-refractivity contribution in [3.05, 3.63) is 89.3 Å². The molecule has 0 aliphatic carbocycles. The maximum atomic E-state index is 12.3. The Balaban J connectivity index is 1.29. The number of amides is 1. The Labute approximate surface area is 184 Å². The fraction of sp³-hybridized carbons (Fsp3) is 0.174. The Morgan fingerprint density at radius 2 is 1.70 bits per heavy atom. The van der Waals surface area contributed by atoms with Crippen LogP contribution in [0.4, 0.5) is 0 Å². The monoisotopic (exact) mass is 434 g/mol. The van der Waals surface area contributed by atoms with Crippen molar-refractivity contribution in [2.75, 3.05) is 12.3 Å². The fourth-order valence-electron chi connectivity index (χ4n) is 3.27. The Morgan fingerprint density at radius 1 is 1.00 bits per heavy atom. The molecule has 2 heterocycles. The van der Waals surface area contributed by atoms with Gasteiger partial charge in [0.2, 0.25) is 11.1 Å². The van der Waals surface area contributed by atoms with E-state index in [0.717, 1.165) is 17.1 Å². The Hall–Kier alpha value is -2.90. The van der Waals surface area contributed by atoms with Gasteiger partial charge in [-0.25, -0.2) is 4.98 Å². The molecule has 0 saturated heterocycles. The minimum absolute atomic E-state index is 0.0117. The molecule has 30 heavy (non-hydrogen) atoms. The van der Waals surface area contributed by atoms with Gasteiger partial charge in [-0.15, -0.1) is 16.4 Å². The van der Waals surface area contributed by atoms with E-state index in [-0.39, 0.29) is 11.8 Å². The number of aromatic amines is 1. The highest BCUT2D eigenvalue weighted by Crippen LogP contribution is 2.27. The number of hydrogen-bond acceptors (Lipinski definition) is 5. The zero-order valence-corrected chi connectivity index (χ0v) is 18.0. The van der Waals surface area contributed by atoms with Crippen molar-refractivity contribution in [1.82, 2.24) is 20.5 Å². The molecule has 0 saturated carbocycles. The summed E-state index contributed by atoms with van der Waals surface area (Å²) in [5.41, 5.74) is 2.52. The van der Waals surface area contributed by atoms with Gasteiger partial charge in [0.1, 0.15) is 0 Å². The van der Waals surface area contributed by atoms with Crippen LogP contribution in [-0.2, 0) is 4.79 Å². The molecule has 5 nitrogen and oxygen atoms in total. The Kier molecular flexibility index (Phi) is 6.95. The van der Waals surface area contributed by atoms with Crippen LogP contribution in [0.1, 0.15) is 23.5 Å². The highest BCUT2D eigenvalue weighted by atomic mass is 32.2. The zero-order valence-electron chi connectivity index (χ0n) is 16.3. The molecule has 0 atom stereocenters. The number of thiophene rings is 1. The number of benzene rings is 2. The van der Waals surface area contributed by atoms with Crippen LogP contribution in [0.2, 0.25) is 0 Å². The first kappa shape index (κ1) is 20.4. The first-order chi connectivity index (χ1) is 14.8. The summed E-state index contributed by atoms with van der Waals surface area (Å²) < 4.78 is 0. The highest BCUT2D eigenvalue weighted by molar-refractivity contribution is 7.99. The van der Waals surface area contributed by atoms with Crippen LogP contribution in [0.15, 0.2) is 83.3 Å². The maximum absolute atomic E-state index is 12.3. The Bertz CT molecular complexity index is 1010. The van der Waals surface area contributed by atoms with E-state index >= 15 is 0 Å². The van der Waals surface area contributed by atoms with Crippen LogP contribution in [-0.4, -0.2) is 33.4 Å². The highest BCUT2D eigenvalue weighted by Gasteiger charge is 2.14. The molecular formula is C23H22N4OS2. The minimum atomic E-state index is -0.0117. The molecule has 2 aromatic carbocycles. The number of carbonyl (C=O) groups is 1. The minimum Gasteiger partial charge on any atom is -0.355 e. The number of rotatable bonds is 9. The van der Waals surface area contributed by atoms with Crippen LogP contribution in [0.5, 0.6) is 0 Å². The molecule has 0 fully saturated rings. The number of nitrogens with one attached hydrogen (secondary N) is 2. The topological polar surface area (TPSA) is 70.7 Å². The molecule has 0 unspecified atom stereocenters. The molecule has 0 aliphatic rings. The molecule has 0 radical (unpaired) electrons. The lowest BCUT2D eigenvalue weighted by Gasteiger charge is -2.18. The summed E-state index contributed by atoms with van der Waals surface area (Å²) in [5.74, 6) is 1.27. The summed E-state index contributed by atoms with van der Waals surface area (Å²) >= 11 is 2.94. The van der Waals surface area contributed by atoms with Crippen LogP contribution in [0, 0.1) is 0 Å². The van der Waals surface area contributed by atoms with E-state index in [0.29, 0.717) is 17.5 Å². The second-order valence-electron chi connectivity index (χ2n) is 6.75. The molecule has 4 aromatic rings. The Morgan fingerprint density at radius 3 is 2.33 bits per heavy atom. The van der Waals surface area contributed by atoms with Gasteiger partial charge in [-0.2, -0.15) is 0 Å². The number of carbonyl (C=O) groups excluding carboxylic acids is 1. The summed E-state index contributed by atoms with van der Waals surface area (Å²) in [7, 11) is 0. The van der Waals surface area contributed by atoms with Crippen molar-refractivity contribution >= 4 is 29.0 Å². The van der Waals surface area contributed by atoms with Gasteiger partial charge in [-0.05, 0) is 29.0 Å². The molecule has 0 spiro atoms. The predicted molar refractivity (Wildman–Crippen MR) is 123 cm³/mol. The molecule has 4 rings (SSSR count). The van der Waals surface area contributed by atoms with Crippen molar-refractivity contribution in [3.63, 3.8) is 0 Å². The fourth-order valence-corrected chi connectivity index (χ4v) is 4.56. The lowest BCUT2D eigenvalue weighted by atomic mass is 9.88. The number of hydrogen-bond donors (Lipinski definition) is 2. The number of nitrogens with zero attached hydrogens (tertiary/aromatic N) is 2. The van der Waals surface area contributed by atoms with Crippen LogP contribution >= 0.6 is 23.1 Å². The van der Waals surface area contributed by atoms with Gasteiger partial charge >= 0.3 is 0 Å². The van der Waals surface area contributed by atoms with Crippen molar-refractivity contribution in [2.45, 2.75) is 17.5 Å². The van der Waals surface area contributed by atoms with E-state index in [9.17, 15) is 4.79 Å². The van der Waals surface area contributed by atoms with E-state index in [1.54, 1.807) is 11.3 Å². The second kappa shape index (κ2) is 10.2. The van der Waals surface area contributed by atoms with Gasteiger partial charge in [-0.1, -0.05) is 78.5 Å². The van der Waals surface area contributed by atoms with Crippen LogP contribution in [0.25, 0.3) is 10.7 Å². The molecular weight excluding hydrogens is 412 g/mol. The molecule has 152 valence electrons. The van der Waals surface area contributed by atoms with E-state index < -0.39 is 0 Å². The summed E-state index contributed by atoms with van der Waals surface area (Å²) in [5, 5.41) is 12.7. The van der Waals surface area contributed by atoms with Crippen molar-refractivity contribution < 1.29 is 4.79 Å². The number of aromatic nitrogens is 3. The van der Waals surface area contributed by atoms with Gasteiger partial charge in [-0.3, -0.25) is 9.89 Å². The standard InChI is InChI=1S/C23H22N4OS2/c28-21(16-30-23-25-22(26-27-23)20-12-7-15-29-20)24-14-13-19(17-8-3-1-4-9-17)18-10-5-2-6-11-18/h1-12,15,19H,13-14,16H2,(H,24,28)(H,25,26,27). The van der Waals surface area contributed by atoms with E-state index in [4.69, 9.17) is 0 Å². The third kappa shape index (κ3) is 5.37. The van der Waals surface area contributed by atoms with Crippen molar-refractivity contribution in [3.8, 4) is 10.7 Å². The molecule has 0 bridgehead atoms. The van der Waals surface area contributed by atoms with E-state index in [1.807, 2.05) is 29.6 Å². The van der Waals surface area contributed by atoms with Crippen LogP contribution < -0.4 is 5.32 Å². The maximum Gasteiger partial charge on any atom is 0.230 e. The number of thioether (sulfide) groups is 1. The second-order valence-corrected chi connectivity index (χ2v) is 8.64. The van der Waals surface area contributed by atoms with Crippen LogP contribution in [0.3, 0.4) is 0 Å². The number of H-pyrrole nitrogens is 1. The quantitative estimate of drug-likeness (QED) is 0.365. The first-order valence-electron chi connectivity index (χ1n) is 9.75. The third-order valence-corrected chi connectivity index (χ3v) is 6.43. The summed E-state index contributed by atoms with van der Waals surface area (Å²) in [4.78, 5) is 17.8. The lowest BCUT2D eigenvalue weighted by Crippen LogP contribution is -2.27.